The Labute approximate surface area is 237 Å². The van der Waals surface area contributed by atoms with Gasteiger partial charge in [0, 0.05) is 40.8 Å². The number of hydrogen-bond donors (Lipinski definition) is 2. The van der Waals surface area contributed by atoms with Crippen LogP contribution >= 0.6 is 11.6 Å². The Morgan fingerprint density at radius 3 is 2.41 bits per heavy atom. The molecule has 1 atom stereocenters. The van der Waals surface area contributed by atoms with Crippen molar-refractivity contribution in [2.75, 3.05) is 18.2 Å². The first-order valence-electron chi connectivity index (χ1n) is 12.0. The summed E-state index contributed by atoms with van der Waals surface area (Å²) in [6, 6.07) is 16.4. The van der Waals surface area contributed by atoms with E-state index in [9.17, 15) is 28.5 Å². The van der Waals surface area contributed by atoms with Crippen LogP contribution in [0.25, 0.3) is 11.1 Å². The van der Waals surface area contributed by atoms with Crippen LogP contribution in [-0.4, -0.2) is 29.1 Å². The third kappa shape index (κ3) is 6.79. The Balaban J connectivity index is 1.80. The van der Waals surface area contributed by atoms with Crippen molar-refractivity contribution in [2.45, 2.75) is 19.1 Å². The molecule has 212 valence electrons. The number of aromatic nitrogens is 1. The summed E-state index contributed by atoms with van der Waals surface area (Å²) in [4.78, 5) is 37.5. The van der Waals surface area contributed by atoms with Crippen LogP contribution in [0.4, 0.5) is 25.8 Å². The summed E-state index contributed by atoms with van der Waals surface area (Å²) in [5, 5.41) is 13.9. The number of nitrogens with zero attached hydrogens (tertiary/aromatic N) is 2. The third-order valence-corrected chi connectivity index (χ3v) is 6.36. The average molecular weight is 585 g/mol. The smallest absolute Gasteiger partial charge is 0.387 e. The number of nitrogens with one attached hydrogen (secondary N) is 1. The molecule has 1 aromatic heterocycles. The van der Waals surface area contributed by atoms with Gasteiger partial charge >= 0.3 is 6.61 Å². The number of nitro groups is 1. The fourth-order valence-corrected chi connectivity index (χ4v) is 4.38. The van der Waals surface area contributed by atoms with Crippen molar-refractivity contribution in [1.29, 1.82) is 0 Å². The number of amides is 1. The summed E-state index contributed by atoms with van der Waals surface area (Å²) >= 11 is 6.10. The van der Waals surface area contributed by atoms with Crippen LogP contribution in [0.2, 0.25) is 5.02 Å². The minimum Gasteiger partial charge on any atom is -0.495 e. The van der Waals surface area contributed by atoms with Crippen molar-refractivity contribution in [3.63, 3.8) is 0 Å². The first kappa shape index (κ1) is 29.0. The molecule has 0 aliphatic rings. The van der Waals surface area contributed by atoms with Crippen molar-refractivity contribution in [3.8, 4) is 22.6 Å². The van der Waals surface area contributed by atoms with Crippen molar-refractivity contribution in [3.05, 3.63) is 110 Å². The van der Waals surface area contributed by atoms with E-state index in [-0.39, 0.29) is 51.1 Å². The molecule has 0 radical (unpaired) electrons. The molecule has 0 aliphatic heterocycles. The van der Waals surface area contributed by atoms with Gasteiger partial charge in [-0.15, -0.1) is 0 Å². The minimum absolute atomic E-state index is 0.0428. The van der Waals surface area contributed by atoms with Crippen molar-refractivity contribution in [1.82, 2.24) is 4.57 Å². The van der Waals surface area contributed by atoms with Crippen LogP contribution in [0.15, 0.2) is 83.8 Å². The maximum atomic E-state index is 13.6. The molecule has 1 amide bonds. The number of nitrogens with two attached hydrogens (primary N) is 1. The zero-order valence-electron chi connectivity index (χ0n) is 21.4. The van der Waals surface area contributed by atoms with Gasteiger partial charge in [-0.3, -0.25) is 24.3 Å². The van der Waals surface area contributed by atoms with Gasteiger partial charge in [-0.25, -0.2) is 0 Å². The maximum absolute atomic E-state index is 13.6. The predicted molar refractivity (Wildman–Crippen MR) is 150 cm³/mol. The molecule has 0 spiro atoms. The lowest BCUT2D eigenvalue weighted by Gasteiger charge is -2.22. The van der Waals surface area contributed by atoms with Crippen LogP contribution in [-0.2, 0) is 11.2 Å². The second-order valence-electron chi connectivity index (χ2n) is 8.74. The van der Waals surface area contributed by atoms with Gasteiger partial charge in [-0.05, 0) is 29.8 Å². The molecule has 3 N–H and O–H groups in total. The highest BCUT2D eigenvalue weighted by Crippen LogP contribution is 2.38. The Morgan fingerprint density at radius 1 is 1.07 bits per heavy atom. The summed E-state index contributed by atoms with van der Waals surface area (Å²) < 4.78 is 37.4. The summed E-state index contributed by atoms with van der Waals surface area (Å²) in [7, 11) is 1.32. The first-order valence-corrected chi connectivity index (χ1v) is 12.4. The number of benzene rings is 3. The number of ether oxygens (including phenoxy) is 2. The highest BCUT2D eigenvalue weighted by molar-refractivity contribution is 6.31. The number of halogens is 3. The van der Waals surface area contributed by atoms with Gasteiger partial charge in [-0.2, -0.15) is 8.78 Å². The number of methoxy groups -OCH3 is 1. The highest BCUT2D eigenvalue weighted by Gasteiger charge is 2.26. The van der Waals surface area contributed by atoms with E-state index in [1.54, 1.807) is 30.3 Å². The van der Waals surface area contributed by atoms with Crippen LogP contribution in [0.5, 0.6) is 11.5 Å². The van der Waals surface area contributed by atoms with Crippen LogP contribution in [0.1, 0.15) is 11.6 Å². The van der Waals surface area contributed by atoms with Crippen LogP contribution in [0.3, 0.4) is 0 Å². The predicted octanol–water partition coefficient (Wildman–Crippen LogP) is 5.69. The molecule has 0 aliphatic carbocycles. The van der Waals surface area contributed by atoms with Crippen LogP contribution in [0, 0.1) is 10.1 Å². The van der Waals surface area contributed by atoms with Gasteiger partial charge in [0.25, 0.3) is 11.2 Å². The Bertz CT molecular complexity index is 1650. The number of pyridine rings is 1. The van der Waals surface area contributed by atoms with Crippen molar-refractivity contribution in [2.24, 2.45) is 0 Å². The molecular weight excluding hydrogens is 562 g/mol. The molecule has 41 heavy (non-hydrogen) atoms. The summed E-state index contributed by atoms with van der Waals surface area (Å²) in [6.45, 7) is -3.13. The topological polar surface area (TPSA) is 139 Å². The Morgan fingerprint density at radius 2 is 1.78 bits per heavy atom. The molecule has 13 heteroatoms. The number of hydrogen-bond acceptors (Lipinski definition) is 7. The highest BCUT2D eigenvalue weighted by atomic mass is 35.5. The molecule has 0 bridgehead atoms. The molecule has 1 unspecified atom stereocenters. The monoisotopic (exact) mass is 584 g/mol. The molecule has 1 heterocycles. The van der Waals surface area contributed by atoms with Crippen LogP contribution < -0.4 is 26.1 Å². The lowest BCUT2D eigenvalue weighted by Crippen LogP contribution is -2.34. The molecule has 10 nitrogen and oxygen atoms in total. The van der Waals surface area contributed by atoms with E-state index in [1.807, 2.05) is 0 Å². The normalized spacial score (nSPS) is 11.6. The zero-order valence-corrected chi connectivity index (χ0v) is 22.2. The van der Waals surface area contributed by atoms with E-state index in [4.69, 9.17) is 22.1 Å². The number of carbonyl (C=O) groups excluding carboxylic acids is 1. The molecular formula is C28H23ClF2N4O6. The average Bonchev–Trinajstić information content (AvgIpc) is 2.94. The molecule has 4 aromatic rings. The fraction of sp³-hybridized carbons (Fsp3) is 0.143. The van der Waals surface area contributed by atoms with E-state index in [0.717, 1.165) is 22.3 Å². The lowest BCUT2D eigenvalue weighted by atomic mass is 10.0. The standard InChI is InChI=1S/C28H23ClF2N4O6/c1-40-25-15-34(26(36)14-20(25)19-12-17(29)7-10-24(19)41-28(30)31)23(11-16-5-3-2-4-6-16)27(37)33-22-9-8-18(35(38)39)13-21(22)32/h2-10,12-15,23,28H,11,32H2,1H3,(H,33,37). The number of nitrogen functional groups attached to an aromatic ring is 1. The van der Waals surface area contributed by atoms with Gasteiger partial charge in [-0.1, -0.05) is 41.9 Å². The lowest BCUT2D eigenvalue weighted by molar-refractivity contribution is -0.384. The van der Waals surface area contributed by atoms with Gasteiger partial charge in [0.2, 0.25) is 5.91 Å². The number of alkyl halides is 2. The second kappa shape index (κ2) is 12.5. The van der Waals surface area contributed by atoms with Gasteiger partial charge < -0.3 is 20.5 Å². The van der Waals surface area contributed by atoms with E-state index in [1.165, 1.54) is 43.6 Å². The van der Waals surface area contributed by atoms with E-state index < -0.39 is 29.0 Å². The van der Waals surface area contributed by atoms with E-state index in [2.05, 4.69) is 10.1 Å². The number of non-ortho nitro benzene ring substituents is 1. The fourth-order valence-electron chi connectivity index (χ4n) is 4.21. The van der Waals surface area contributed by atoms with Crippen molar-refractivity contribution < 1.29 is 28.0 Å². The first-order chi connectivity index (χ1) is 19.6. The number of anilines is 2. The molecule has 3 aromatic carbocycles. The molecule has 0 saturated heterocycles. The summed E-state index contributed by atoms with van der Waals surface area (Å²) in [6.07, 6.45) is 1.36. The molecule has 0 saturated carbocycles. The van der Waals surface area contributed by atoms with Gasteiger partial charge in [0.05, 0.1) is 29.6 Å². The van der Waals surface area contributed by atoms with Gasteiger partial charge in [0.15, 0.2) is 0 Å². The molecule has 4 rings (SSSR count). The Kier molecular flexibility index (Phi) is 8.83. The second-order valence-corrected chi connectivity index (χ2v) is 9.18. The van der Waals surface area contributed by atoms with Crippen molar-refractivity contribution >= 4 is 34.6 Å². The number of carbonyl (C=O) groups is 1. The third-order valence-electron chi connectivity index (χ3n) is 6.13. The van der Waals surface area contributed by atoms with Gasteiger partial charge in [0.1, 0.15) is 17.5 Å². The van der Waals surface area contributed by atoms with E-state index in [0.29, 0.717) is 0 Å². The molecule has 0 fully saturated rings. The summed E-state index contributed by atoms with van der Waals surface area (Å²) in [5.74, 6) is -0.797. The quantitative estimate of drug-likeness (QED) is 0.139. The Hall–Kier alpha value is -4.97. The minimum atomic E-state index is -3.13. The maximum Gasteiger partial charge on any atom is 0.387 e. The zero-order chi connectivity index (χ0) is 29.7. The SMILES string of the molecule is COc1cn(C(Cc2ccccc2)C(=O)Nc2ccc([N+](=O)[O-])cc2N)c(=O)cc1-c1cc(Cl)ccc1OC(F)F. The summed E-state index contributed by atoms with van der Waals surface area (Å²) in [5.41, 5.74) is 6.02. The number of nitro benzene ring substituents is 1. The van der Waals surface area contributed by atoms with E-state index >= 15 is 0 Å². The largest absolute Gasteiger partial charge is 0.495 e. The number of rotatable bonds is 10.